The second kappa shape index (κ2) is 6.33. The molecule has 110 valence electrons. The number of phenols is 1. The Kier molecular flexibility index (Phi) is 4.73. The number of phenolic OH excluding ortho intramolecular Hbond substituents is 1. The first-order valence-electron chi connectivity index (χ1n) is 7.14. The molecule has 4 heteroatoms. The molecule has 0 aromatic heterocycles. The molecule has 1 saturated carbocycles. The molecule has 0 aliphatic heterocycles. The topological polar surface area (TPSA) is 37.3 Å². The van der Waals surface area contributed by atoms with Gasteiger partial charge in [-0.3, -0.25) is 4.79 Å². The van der Waals surface area contributed by atoms with Crippen molar-refractivity contribution >= 4 is 5.78 Å². The molecule has 2 nitrogen and oxygen atoms in total. The van der Waals surface area contributed by atoms with E-state index in [2.05, 4.69) is 0 Å². The van der Waals surface area contributed by atoms with Crippen LogP contribution in [0, 0.1) is 12.8 Å². The standard InChI is InChI=1S/C16H20F2O2/c1-10-7-8-12(15(20)14(10)16(17)18)13(19)9-11-5-3-2-4-6-11/h7-8,11,16,20H,2-6,9H2,1H3. The highest BCUT2D eigenvalue weighted by Gasteiger charge is 2.24. The zero-order valence-corrected chi connectivity index (χ0v) is 11.7. The van der Waals surface area contributed by atoms with Crippen molar-refractivity contribution < 1.29 is 18.7 Å². The Bertz CT molecular complexity index is 491. The van der Waals surface area contributed by atoms with Crippen molar-refractivity contribution in [3.8, 4) is 5.75 Å². The summed E-state index contributed by atoms with van der Waals surface area (Å²) in [4.78, 5) is 12.2. The van der Waals surface area contributed by atoms with Crippen LogP contribution in [0.25, 0.3) is 0 Å². The van der Waals surface area contributed by atoms with Crippen LogP contribution in [0.3, 0.4) is 0 Å². The number of alkyl halides is 2. The smallest absolute Gasteiger partial charge is 0.267 e. The molecule has 20 heavy (non-hydrogen) atoms. The number of aromatic hydroxyl groups is 1. The highest BCUT2D eigenvalue weighted by molar-refractivity contribution is 5.99. The molecule has 0 unspecified atom stereocenters. The Labute approximate surface area is 117 Å². The van der Waals surface area contributed by atoms with E-state index in [9.17, 15) is 18.7 Å². The van der Waals surface area contributed by atoms with Crippen molar-refractivity contribution in [2.45, 2.75) is 51.9 Å². The third kappa shape index (κ3) is 3.17. The lowest BCUT2D eigenvalue weighted by atomic mass is 9.84. The van der Waals surface area contributed by atoms with Gasteiger partial charge in [-0.15, -0.1) is 0 Å². The summed E-state index contributed by atoms with van der Waals surface area (Å²) in [5.41, 5.74) is -0.0670. The lowest BCUT2D eigenvalue weighted by Gasteiger charge is -2.21. The third-order valence-electron chi connectivity index (χ3n) is 4.15. The van der Waals surface area contributed by atoms with Gasteiger partial charge in [0.15, 0.2) is 5.78 Å². The first-order valence-corrected chi connectivity index (χ1v) is 7.14. The van der Waals surface area contributed by atoms with Gasteiger partial charge in [0.2, 0.25) is 0 Å². The predicted octanol–water partition coefficient (Wildman–Crippen LogP) is 4.79. The lowest BCUT2D eigenvalue weighted by Crippen LogP contribution is -2.13. The van der Waals surface area contributed by atoms with Crippen molar-refractivity contribution in [1.29, 1.82) is 0 Å². The van der Waals surface area contributed by atoms with Crippen LogP contribution in [0.5, 0.6) is 5.75 Å². The summed E-state index contributed by atoms with van der Waals surface area (Å²) in [6.45, 7) is 1.51. The quantitative estimate of drug-likeness (QED) is 0.806. The summed E-state index contributed by atoms with van der Waals surface area (Å²) in [6, 6.07) is 2.94. The molecule has 0 spiro atoms. The summed E-state index contributed by atoms with van der Waals surface area (Å²) in [7, 11) is 0. The van der Waals surface area contributed by atoms with Crippen LogP contribution in [0.1, 0.15) is 66.4 Å². The molecule has 1 aliphatic carbocycles. The number of Topliss-reactive ketones (excluding diaryl/α,β-unsaturated/α-hetero) is 1. The van der Waals surface area contributed by atoms with Crippen molar-refractivity contribution in [3.63, 3.8) is 0 Å². The van der Waals surface area contributed by atoms with E-state index < -0.39 is 17.7 Å². The van der Waals surface area contributed by atoms with Crippen molar-refractivity contribution in [2.75, 3.05) is 0 Å². The average molecular weight is 282 g/mol. The summed E-state index contributed by atoms with van der Waals surface area (Å²) in [6.07, 6.45) is 3.06. The zero-order valence-electron chi connectivity index (χ0n) is 11.7. The van der Waals surface area contributed by atoms with Crippen LogP contribution in [0.15, 0.2) is 12.1 Å². The molecule has 1 fully saturated rings. The largest absolute Gasteiger partial charge is 0.507 e. The Morgan fingerprint density at radius 2 is 1.95 bits per heavy atom. The van der Waals surface area contributed by atoms with Crippen LogP contribution >= 0.6 is 0 Å². The second-order valence-corrected chi connectivity index (χ2v) is 5.62. The molecule has 2 rings (SSSR count). The number of hydrogen-bond acceptors (Lipinski definition) is 2. The number of benzene rings is 1. The minimum absolute atomic E-state index is 0.0384. The van der Waals surface area contributed by atoms with Crippen LogP contribution in [0.2, 0.25) is 0 Å². The molecule has 1 aromatic rings. The normalized spacial score (nSPS) is 16.6. The summed E-state index contributed by atoms with van der Waals surface area (Å²) < 4.78 is 25.8. The van der Waals surface area contributed by atoms with Crippen LogP contribution in [-0.2, 0) is 0 Å². The summed E-state index contributed by atoms with van der Waals surface area (Å²) in [5, 5.41) is 9.94. The number of halogens is 2. The highest BCUT2D eigenvalue weighted by atomic mass is 19.3. The Balaban J connectivity index is 2.19. The fourth-order valence-electron chi connectivity index (χ4n) is 2.97. The molecule has 0 bridgehead atoms. The van der Waals surface area contributed by atoms with E-state index in [4.69, 9.17) is 0 Å². The maximum absolute atomic E-state index is 12.9. The minimum atomic E-state index is -2.77. The maximum atomic E-state index is 12.9. The van der Waals surface area contributed by atoms with Gasteiger partial charge in [0.05, 0.1) is 11.1 Å². The van der Waals surface area contributed by atoms with E-state index in [0.29, 0.717) is 17.9 Å². The molecule has 1 aromatic carbocycles. The van der Waals surface area contributed by atoms with E-state index in [0.717, 1.165) is 25.7 Å². The van der Waals surface area contributed by atoms with Crippen LogP contribution < -0.4 is 0 Å². The number of hydrogen-bond donors (Lipinski definition) is 1. The van der Waals surface area contributed by atoms with Crippen LogP contribution in [-0.4, -0.2) is 10.9 Å². The molecule has 0 saturated heterocycles. The average Bonchev–Trinajstić information content (AvgIpc) is 2.39. The molecule has 0 amide bonds. The maximum Gasteiger partial charge on any atom is 0.267 e. The first kappa shape index (κ1) is 14.9. The summed E-state index contributed by atoms with van der Waals surface area (Å²) >= 11 is 0. The van der Waals surface area contributed by atoms with Gasteiger partial charge in [0.25, 0.3) is 6.43 Å². The van der Waals surface area contributed by atoms with Gasteiger partial charge in [-0.05, 0) is 24.5 Å². The monoisotopic (exact) mass is 282 g/mol. The van der Waals surface area contributed by atoms with Gasteiger partial charge in [0, 0.05) is 6.42 Å². The highest BCUT2D eigenvalue weighted by Crippen LogP contribution is 2.36. The Hall–Kier alpha value is -1.45. The number of aryl methyl sites for hydroxylation is 1. The third-order valence-corrected chi connectivity index (χ3v) is 4.15. The van der Waals surface area contributed by atoms with E-state index in [1.54, 1.807) is 0 Å². The number of ketones is 1. The van der Waals surface area contributed by atoms with E-state index >= 15 is 0 Å². The zero-order chi connectivity index (χ0) is 14.7. The molecule has 0 heterocycles. The van der Waals surface area contributed by atoms with Crippen LogP contribution in [0.4, 0.5) is 8.78 Å². The van der Waals surface area contributed by atoms with Gasteiger partial charge in [0.1, 0.15) is 5.75 Å². The second-order valence-electron chi connectivity index (χ2n) is 5.62. The summed E-state index contributed by atoms with van der Waals surface area (Å²) in [5.74, 6) is -0.441. The number of carbonyl (C=O) groups is 1. The van der Waals surface area contributed by atoms with E-state index in [1.807, 2.05) is 0 Å². The van der Waals surface area contributed by atoms with E-state index in [-0.39, 0.29) is 11.3 Å². The van der Waals surface area contributed by atoms with Crippen molar-refractivity contribution in [3.05, 3.63) is 28.8 Å². The molecular weight excluding hydrogens is 262 g/mol. The molecule has 0 radical (unpaired) electrons. The molecule has 0 atom stereocenters. The number of carbonyl (C=O) groups excluding carboxylic acids is 1. The predicted molar refractivity (Wildman–Crippen MR) is 73.3 cm³/mol. The Morgan fingerprint density at radius 1 is 1.30 bits per heavy atom. The van der Waals surface area contributed by atoms with Gasteiger partial charge >= 0.3 is 0 Å². The van der Waals surface area contributed by atoms with Gasteiger partial charge in [-0.1, -0.05) is 38.2 Å². The molecular formula is C16H20F2O2. The van der Waals surface area contributed by atoms with Gasteiger partial charge < -0.3 is 5.11 Å². The SMILES string of the molecule is Cc1ccc(C(=O)CC2CCCCC2)c(O)c1C(F)F. The fraction of sp³-hybridized carbons (Fsp3) is 0.562. The van der Waals surface area contributed by atoms with Gasteiger partial charge in [-0.25, -0.2) is 8.78 Å². The van der Waals surface area contributed by atoms with Crippen molar-refractivity contribution in [2.24, 2.45) is 5.92 Å². The first-order chi connectivity index (χ1) is 9.50. The molecule has 1 N–H and O–H groups in total. The minimum Gasteiger partial charge on any atom is -0.507 e. The van der Waals surface area contributed by atoms with E-state index in [1.165, 1.54) is 25.5 Å². The number of rotatable bonds is 4. The molecule has 1 aliphatic rings. The fourth-order valence-corrected chi connectivity index (χ4v) is 2.97. The lowest BCUT2D eigenvalue weighted by molar-refractivity contribution is 0.0946. The van der Waals surface area contributed by atoms with Crippen molar-refractivity contribution in [1.82, 2.24) is 0 Å². The van der Waals surface area contributed by atoms with Gasteiger partial charge in [-0.2, -0.15) is 0 Å². The Morgan fingerprint density at radius 3 is 2.55 bits per heavy atom.